The number of rotatable bonds is 4. The summed E-state index contributed by atoms with van der Waals surface area (Å²) in [7, 11) is 0. The first-order chi connectivity index (χ1) is 6.38. The van der Waals surface area contributed by atoms with Gasteiger partial charge < -0.3 is 4.84 Å². The highest BCUT2D eigenvalue weighted by Gasteiger charge is 2.36. The number of hydrogen-bond donors (Lipinski definition) is 0. The van der Waals surface area contributed by atoms with Gasteiger partial charge in [-0.15, -0.1) is 0 Å². The lowest BCUT2D eigenvalue weighted by Gasteiger charge is -2.08. The van der Waals surface area contributed by atoms with E-state index in [0.29, 0.717) is 18.6 Å². The van der Waals surface area contributed by atoms with E-state index < -0.39 is 11.9 Å². The summed E-state index contributed by atoms with van der Waals surface area (Å²) < 4.78 is 36.7. The smallest absolute Gasteiger partial charge is 0.352 e. The average molecular weight is 209 g/mol. The van der Waals surface area contributed by atoms with Gasteiger partial charge in [0, 0.05) is 0 Å². The molecule has 0 aromatic rings. The quantitative estimate of drug-likeness (QED) is 0.393. The van der Waals surface area contributed by atoms with Crippen molar-refractivity contribution < 1.29 is 18.0 Å². The van der Waals surface area contributed by atoms with Gasteiger partial charge in [-0.3, -0.25) is 0 Å². The molecule has 0 atom stereocenters. The predicted octanol–water partition coefficient (Wildman–Crippen LogP) is 3.65. The Balaban J connectivity index is 4.50. The molecule has 0 aromatic heterocycles. The molecule has 0 heterocycles. The van der Waals surface area contributed by atoms with Crippen molar-refractivity contribution >= 4 is 5.71 Å². The maximum atomic E-state index is 12.2. The van der Waals surface area contributed by atoms with Gasteiger partial charge in [-0.1, -0.05) is 18.5 Å². The third kappa shape index (κ3) is 5.61. The van der Waals surface area contributed by atoms with Crippen LogP contribution < -0.4 is 0 Å². The van der Waals surface area contributed by atoms with Crippen LogP contribution in [0.25, 0.3) is 0 Å². The minimum absolute atomic E-state index is 0.327. The zero-order valence-electron chi connectivity index (χ0n) is 8.48. The van der Waals surface area contributed by atoms with Crippen LogP contribution in [0.1, 0.15) is 33.6 Å². The molecule has 0 saturated carbocycles. The number of halogens is 3. The first-order valence-electron chi connectivity index (χ1n) is 4.33. The number of allylic oxidation sites excluding steroid dienone is 2. The first kappa shape index (κ1) is 13.0. The maximum absolute atomic E-state index is 12.2. The van der Waals surface area contributed by atoms with Crippen LogP contribution in [0.3, 0.4) is 0 Å². The Kier molecular flexibility index (Phi) is 5.27. The maximum Gasteiger partial charge on any atom is 0.451 e. The minimum atomic E-state index is -4.46. The molecule has 2 nitrogen and oxygen atoms in total. The fourth-order valence-electron chi connectivity index (χ4n) is 0.621. The summed E-state index contributed by atoms with van der Waals surface area (Å²) in [5.41, 5.74) is 0.441. The molecule has 0 unspecified atom stereocenters. The van der Waals surface area contributed by atoms with Gasteiger partial charge in [0.1, 0.15) is 0 Å². The molecule has 0 aromatic carbocycles. The Labute approximate surface area is 81.4 Å². The molecular weight excluding hydrogens is 195 g/mol. The molecule has 0 N–H and O–H groups in total. The van der Waals surface area contributed by atoms with Gasteiger partial charge >= 0.3 is 6.18 Å². The van der Waals surface area contributed by atoms with Crippen LogP contribution in [0.5, 0.6) is 0 Å². The van der Waals surface area contributed by atoms with Crippen molar-refractivity contribution in [3.05, 3.63) is 11.8 Å². The molecule has 0 aliphatic rings. The largest absolute Gasteiger partial charge is 0.451 e. The third-order valence-electron chi connectivity index (χ3n) is 1.22. The lowest BCUT2D eigenvalue weighted by Crippen LogP contribution is -2.13. The molecule has 0 amide bonds. The van der Waals surface area contributed by atoms with Gasteiger partial charge in [0.2, 0.25) is 5.76 Å². The van der Waals surface area contributed by atoms with Gasteiger partial charge in [0.25, 0.3) is 0 Å². The second-order valence-electron chi connectivity index (χ2n) is 2.98. The SMILES string of the molecule is CCC/C=C(/ON=C(C)C)C(F)(F)F. The van der Waals surface area contributed by atoms with Crippen molar-refractivity contribution in [1.82, 2.24) is 0 Å². The molecular formula is C9H14F3NO. The Morgan fingerprint density at radius 3 is 2.29 bits per heavy atom. The van der Waals surface area contributed by atoms with Crippen LogP contribution in [0.15, 0.2) is 17.0 Å². The number of unbranched alkanes of at least 4 members (excludes halogenated alkanes) is 1. The van der Waals surface area contributed by atoms with Gasteiger partial charge in [-0.2, -0.15) is 13.2 Å². The van der Waals surface area contributed by atoms with E-state index in [9.17, 15) is 13.2 Å². The van der Waals surface area contributed by atoms with Gasteiger partial charge in [-0.25, -0.2) is 0 Å². The molecule has 0 fully saturated rings. The van der Waals surface area contributed by atoms with Gasteiger partial charge in [0.15, 0.2) is 0 Å². The van der Waals surface area contributed by atoms with E-state index in [2.05, 4.69) is 9.99 Å². The summed E-state index contributed by atoms with van der Waals surface area (Å²) in [5.74, 6) is -1.04. The number of oxime groups is 1. The lowest BCUT2D eigenvalue weighted by atomic mass is 10.3. The van der Waals surface area contributed by atoms with Crippen molar-refractivity contribution in [2.24, 2.45) is 5.16 Å². The highest BCUT2D eigenvalue weighted by molar-refractivity contribution is 5.78. The second-order valence-corrected chi connectivity index (χ2v) is 2.98. The third-order valence-corrected chi connectivity index (χ3v) is 1.22. The Morgan fingerprint density at radius 1 is 1.36 bits per heavy atom. The standard InChI is InChI=1S/C9H14F3NO/c1-4-5-6-8(9(10,11)12)14-13-7(2)3/h6H,4-5H2,1-3H3/b8-6+. The monoisotopic (exact) mass is 209 g/mol. The zero-order valence-corrected chi connectivity index (χ0v) is 8.48. The van der Waals surface area contributed by atoms with Crippen molar-refractivity contribution in [2.45, 2.75) is 39.8 Å². The average Bonchev–Trinajstić information content (AvgIpc) is 2.01. The number of hydrogen-bond acceptors (Lipinski definition) is 2. The van der Waals surface area contributed by atoms with Crippen molar-refractivity contribution in [2.75, 3.05) is 0 Å². The summed E-state index contributed by atoms with van der Waals surface area (Å²) in [4.78, 5) is 4.29. The summed E-state index contributed by atoms with van der Waals surface area (Å²) in [6.45, 7) is 4.92. The van der Waals surface area contributed by atoms with E-state index in [4.69, 9.17) is 0 Å². The summed E-state index contributed by atoms with van der Waals surface area (Å²) in [5, 5.41) is 3.27. The summed E-state index contributed by atoms with van der Waals surface area (Å²) in [6, 6.07) is 0. The molecule has 0 aliphatic carbocycles. The fraction of sp³-hybridized carbons (Fsp3) is 0.667. The van der Waals surface area contributed by atoms with Crippen LogP contribution in [0.4, 0.5) is 13.2 Å². The van der Waals surface area contributed by atoms with Crippen molar-refractivity contribution in [3.63, 3.8) is 0 Å². The van der Waals surface area contributed by atoms with Crippen molar-refractivity contribution in [3.8, 4) is 0 Å². The second kappa shape index (κ2) is 5.67. The van der Waals surface area contributed by atoms with Gasteiger partial charge in [0.05, 0.1) is 5.71 Å². The molecule has 0 rings (SSSR count). The molecule has 82 valence electrons. The molecule has 0 aliphatic heterocycles. The Morgan fingerprint density at radius 2 is 1.93 bits per heavy atom. The molecule has 0 saturated heterocycles. The van der Waals surface area contributed by atoms with E-state index in [-0.39, 0.29) is 0 Å². The summed E-state index contributed by atoms with van der Waals surface area (Å²) >= 11 is 0. The zero-order chi connectivity index (χ0) is 11.2. The molecule has 0 bridgehead atoms. The van der Waals surface area contributed by atoms with Crippen molar-refractivity contribution in [1.29, 1.82) is 0 Å². The Hall–Kier alpha value is -1.00. The molecule has 5 heteroatoms. The minimum Gasteiger partial charge on any atom is -0.352 e. The topological polar surface area (TPSA) is 21.6 Å². The highest BCUT2D eigenvalue weighted by Crippen LogP contribution is 2.27. The van der Waals surface area contributed by atoms with Crippen LogP contribution in [0, 0.1) is 0 Å². The van der Waals surface area contributed by atoms with Gasteiger partial charge in [-0.05, 0) is 26.3 Å². The van der Waals surface area contributed by atoms with E-state index >= 15 is 0 Å². The molecule has 0 radical (unpaired) electrons. The molecule has 14 heavy (non-hydrogen) atoms. The first-order valence-corrected chi connectivity index (χ1v) is 4.33. The van der Waals surface area contributed by atoms with E-state index in [1.807, 2.05) is 0 Å². The highest BCUT2D eigenvalue weighted by atomic mass is 19.4. The van der Waals surface area contributed by atoms with E-state index in [1.54, 1.807) is 20.8 Å². The number of alkyl halides is 3. The van der Waals surface area contributed by atoms with Crippen LogP contribution in [-0.4, -0.2) is 11.9 Å². The Bertz CT molecular complexity index is 227. The number of nitrogens with zero attached hydrogens (tertiary/aromatic N) is 1. The van der Waals surface area contributed by atoms with E-state index in [1.165, 1.54) is 0 Å². The predicted molar refractivity (Wildman–Crippen MR) is 48.9 cm³/mol. The lowest BCUT2D eigenvalue weighted by molar-refractivity contribution is -0.131. The van der Waals surface area contributed by atoms with Crippen LogP contribution >= 0.6 is 0 Å². The van der Waals surface area contributed by atoms with Crippen LogP contribution in [0.2, 0.25) is 0 Å². The van der Waals surface area contributed by atoms with Crippen LogP contribution in [-0.2, 0) is 4.84 Å². The normalized spacial score (nSPS) is 12.6. The summed E-state index contributed by atoms with van der Waals surface area (Å²) in [6.07, 6.45) is -2.49. The fourth-order valence-corrected chi connectivity index (χ4v) is 0.621. The van der Waals surface area contributed by atoms with E-state index in [0.717, 1.165) is 6.08 Å². The molecule has 0 spiro atoms.